The second kappa shape index (κ2) is 8.09. The third kappa shape index (κ3) is 4.15. The SMILES string of the molecule is CC(C)C(=O)Oc1ccccc1P(c1ccccc1)c1ccccc1. The van der Waals surface area contributed by atoms with Crippen LogP contribution < -0.4 is 20.7 Å². The number of ether oxygens (including phenoxy) is 1. The van der Waals surface area contributed by atoms with Gasteiger partial charge in [-0.1, -0.05) is 92.7 Å². The lowest BCUT2D eigenvalue weighted by Gasteiger charge is -2.22. The lowest BCUT2D eigenvalue weighted by atomic mass is 10.2. The third-order valence-electron chi connectivity index (χ3n) is 3.82. The van der Waals surface area contributed by atoms with Crippen molar-refractivity contribution in [3.05, 3.63) is 84.9 Å². The van der Waals surface area contributed by atoms with E-state index in [4.69, 9.17) is 4.74 Å². The van der Waals surface area contributed by atoms with Gasteiger partial charge in [0, 0.05) is 5.30 Å². The lowest BCUT2D eigenvalue weighted by Crippen LogP contribution is -2.24. The molecule has 0 saturated carbocycles. The van der Waals surface area contributed by atoms with Crippen molar-refractivity contribution in [3.8, 4) is 5.75 Å². The summed E-state index contributed by atoms with van der Waals surface area (Å²) in [6, 6.07) is 28.7. The van der Waals surface area contributed by atoms with E-state index < -0.39 is 7.92 Å². The van der Waals surface area contributed by atoms with Crippen LogP contribution in [0.4, 0.5) is 0 Å². The molecular formula is C22H21O2P. The van der Waals surface area contributed by atoms with Crippen molar-refractivity contribution in [1.29, 1.82) is 0 Å². The Bertz CT molecular complexity index is 789. The molecule has 0 aliphatic heterocycles. The molecule has 25 heavy (non-hydrogen) atoms. The molecule has 3 aromatic rings. The summed E-state index contributed by atoms with van der Waals surface area (Å²) in [6.45, 7) is 3.70. The summed E-state index contributed by atoms with van der Waals surface area (Å²) in [5.74, 6) is 0.288. The van der Waals surface area contributed by atoms with Crippen LogP contribution in [0.1, 0.15) is 13.8 Å². The Morgan fingerprint density at radius 2 is 1.24 bits per heavy atom. The lowest BCUT2D eigenvalue weighted by molar-refractivity contribution is -0.137. The molecule has 126 valence electrons. The van der Waals surface area contributed by atoms with Gasteiger partial charge in [-0.2, -0.15) is 0 Å². The van der Waals surface area contributed by atoms with Crippen molar-refractivity contribution in [1.82, 2.24) is 0 Å². The fourth-order valence-electron chi connectivity index (χ4n) is 2.54. The molecule has 0 radical (unpaired) electrons. The van der Waals surface area contributed by atoms with Gasteiger partial charge in [0.25, 0.3) is 0 Å². The van der Waals surface area contributed by atoms with Crippen LogP contribution in [0.2, 0.25) is 0 Å². The Hall–Kier alpha value is -2.44. The molecule has 0 unspecified atom stereocenters. The summed E-state index contributed by atoms with van der Waals surface area (Å²) in [7, 11) is -0.794. The van der Waals surface area contributed by atoms with Crippen LogP contribution in [-0.2, 0) is 4.79 Å². The van der Waals surface area contributed by atoms with Crippen LogP contribution >= 0.6 is 7.92 Å². The van der Waals surface area contributed by atoms with Gasteiger partial charge >= 0.3 is 5.97 Å². The normalized spacial score (nSPS) is 10.9. The smallest absolute Gasteiger partial charge is 0.313 e. The van der Waals surface area contributed by atoms with Gasteiger partial charge in [-0.05, 0) is 24.6 Å². The predicted molar refractivity (Wildman–Crippen MR) is 106 cm³/mol. The Morgan fingerprint density at radius 3 is 1.76 bits per heavy atom. The number of carbonyl (C=O) groups excluding carboxylic acids is 1. The zero-order valence-electron chi connectivity index (χ0n) is 14.4. The van der Waals surface area contributed by atoms with E-state index in [1.165, 1.54) is 10.6 Å². The van der Waals surface area contributed by atoms with Gasteiger partial charge in [0.15, 0.2) is 0 Å². The van der Waals surface area contributed by atoms with Crippen LogP contribution in [0.25, 0.3) is 0 Å². The molecule has 0 saturated heterocycles. The summed E-state index contributed by atoms with van der Waals surface area (Å²) in [5, 5.41) is 3.53. The van der Waals surface area contributed by atoms with E-state index in [9.17, 15) is 4.79 Å². The number of hydrogen-bond acceptors (Lipinski definition) is 2. The van der Waals surface area contributed by atoms with Gasteiger partial charge in [-0.15, -0.1) is 0 Å². The van der Waals surface area contributed by atoms with Crippen molar-refractivity contribution in [2.75, 3.05) is 0 Å². The second-order valence-electron chi connectivity index (χ2n) is 6.05. The van der Waals surface area contributed by atoms with Crippen LogP contribution in [0.5, 0.6) is 5.75 Å². The van der Waals surface area contributed by atoms with E-state index in [-0.39, 0.29) is 11.9 Å². The monoisotopic (exact) mass is 348 g/mol. The molecule has 0 atom stereocenters. The molecule has 3 aromatic carbocycles. The Morgan fingerprint density at radius 1 is 0.760 bits per heavy atom. The molecule has 3 heteroatoms. The van der Waals surface area contributed by atoms with Gasteiger partial charge in [0.05, 0.1) is 5.92 Å². The van der Waals surface area contributed by atoms with Gasteiger partial charge in [0.2, 0.25) is 0 Å². The van der Waals surface area contributed by atoms with E-state index in [0.29, 0.717) is 5.75 Å². The zero-order chi connectivity index (χ0) is 17.6. The maximum atomic E-state index is 12.1. The average molecular weight is 348 g/mol. The standard InChI is InChI=1S/C22H21O2P/c1-17(2)22(23)24-20-15-9-10-16-21(20)25(18-11-5-3-6-12-18)19-13-7-4-8-14-19/h3-17H,1-2H3. The van der Waals surface area contributed by atoms with Gasteiger partial charge in [-0.3, -0.25) is 4.79 Å². The fourth-order valence-corrected chi connectivity index (χ4v) is 4.91. The highest BCUT2D eigenvalue weighted by Crippen LogP contribution is 2.36. The van der Waals surface area contributed by atoms with Crippen molar-refractivity contribution in [2.24, 2.45) is 5.92 Å². The molecule has 0 N–H and O–H groups in total. The van der Waals surface area contributed by atoms with E-state index >= 15 is 0 Å². The van der Waals surface area contributed by atoms with Crippen LogP contribution in [0.3, 0.4) is 0 Å². The average Bonchev–Trinajstić information content (AvgIpc) is 2.65. The summed E-state index contributed by atoms with van der Waals surface area (Å²) in [4.78, 5) is 12.1. The molecule has 0 spiro atoms. The number of esters is 1. The van der Waals surface area contributed by atoms with E-state index in [0.717, 1.165) is 5.30 Å². The second-order valence-corrected chi connectivity index (χ2v) is 8.24. The first-order valence-electron chi connectivity index (χ1n) is 8.38. The van der Waals surface area contributed by atoms with E-state index in [1.807, 2.05) is 44.2 Å². The molecule has 3 rings (SSSR count). The van der Waals surface area contributed by atoms with Crippen LogP contribution in [0.15, 0.2) is 84.9 Å². The molecule has 0 aliphatic rings. The minimum atomic E-state index is -0.794. The maximum Gasteiger partial charge on any atom is 0.313 e. The topological polar surface area (TPSA) is 26.3 Å². The van der Waals surface area contributed by atoms with E-state index in [2.05, 4.69) is 54.6 Å². The molecule has 0 aromatic heterocycles. The number of carbonyl (C=O) groups is 1. The fraction of sp³-hybridized carbons (Fsp3) is 0.136. The van der Waals surface area contributed by atoms with Crippen molar-refractivity contribution < 1.29 is 9.53 Å². The molecule has 0 fully saturated rings. The van der Waals surface area contributed by atoms with Crippen LogP contribution in [-0.4, -0.2) is 5.97 Å². The number of para-hydroxylation sites is 1. The Kier molecular flexibility index (Phi) is 5.63. The number of rotatable bonds is 5. The maximum absolute atomic E-state index is 12.1. The first kappa shape index (κ1) is 17.4. The molecule has 0 aliphatic carbocycles. The quantitative estimate of drug-likeness (QED) is 0.396. The van der Waals surface area contributed by atoms with Gasteiger partial charge in [0.1, 0.15) is 5.75 Å². The molecular weight excluding hydrogens is 327 g/mol. The molecule has 2 nitrogen and oxygen atoms in total. The van der Waals surface area contributed by atoms with Crippen LogP contribution in [0, 0.1) is 5.92 Å². The minimum Gasteiger partial charge on any atom is -0.426 e. The summed E-state index contributed by atoms with van der Waals surface area (Å²) >= 11 is 0. The number of hydrogen-bond donors (Lipinski definition) is 0. The number of benzene rings is 3. The zero-order valence-corrected chi connectivity index (χ0v) is 15.3. The molecule has 0 bridgehead atoms. The van der Waals surface area contributed by atoms with Crippen molar-refractivity contribution in [2.45, 2.75) is 13.8 Å². The first-order chi connectivity index (χ1) is 12.2. The van der Waals surface area contributed by atoms with E-state index in [1.54, 1.807) is 0 Å². The highest BCUT2D eigenvalue weighted by atomic mass is 31.1. The van der Waals surface area contributed by atoms with Crippen molar-refractivity contribution >= 4 is 29.8 Å². The largest absolute Gasteiger partial charge is 0.426 e. The predicted octanol–water partition coefficient (Wildman–Crippen LogP) is 4.01. The summed E-state index contributed by atoms with van der Waals surface area (Å²) in [5.41, 5.74) is 0. The summed E-state index contributed by atoms with van der Waals surface area (Å²) < 4.78 is 5.71. The van der Waals surface area contributed by atoms with Gasteiger partial charge < -0.3 is 4.74 Å². The first-order valence-corrected chi connectivity index (χ1v) is 9.72. The van der Waals surface area contributed by atoms with Gasteiger partial charge in [-0.25, -0.2) is 0 Å². The Balaban J connectivity index is 2.10. The molecule has 0 amide bonds. The van der Waals surface area contributed by atoms with Crippen molar-refractivity contribution in [3.63, 3.8) is 0 Å². The minimum absolute atomic E-state index is 0.160. The highest BCUT2D eigenvalue weighted by Gasteiger charge is 2.21. The Labute approximate surface area is 150 Å². The summed E-state index contributed by atoms with van der Waals surface area (Å²) in [6.07, 6.45) is 0. The molecule has 0 heterocycles. The highest BCUT2D eigenvalue weighted by molar-refractivity contribution is 7.80. The third-order valence-corrected chi connectivity index (χ3v) is 6.30.